The fraction of sp³-hybridized carbons (Fsp3) is 0.273. The van der Waals surface area contributed by atoms with Gasteiger partial charge in [-0.3, -0.25) is 4.79 Å². The molecule has 78 valence electrons. The molecule has 0 bridgehead atoms. The summed E-state index contributed by atoms with van der Waals surface area (Å²) >= 11 is 0. The Bertz CT molecular complexity index is 478. The Morgan fingerprint density at radius 3 is 2.53 bits per heavy atom. The van der Waals surface area contributed by atoms with E-state index in [1.807, 2.05) is 17.7 Å². The summed E-state index contributed by atoms with van der Waals surface area (Å²) < 4.78 is 4.07. The van der Waals surface area contributed by atoms with Gasteiger partial charge in [-0.05, 0) is 6.92 Å². The first kappa shape index (κ1) is 9.71. The van der Waals surface area contributed by atoms with Crippen LogP contribution >= 0.6 is 0 Å². The Labute approximate surface area is 87.8 Å². The second kappa shape index (κ2) is 4.13. The molecule has 2 aromatic rings. The van der Waals surface area contributed by atoms with Gasteiger partial charge in [-0.2, -0.15) is 0 Å². The van der Waals surface area contributed by atoms with E-state index in [1.165, 1.54) is 0 Å². The third-order valence-corrected chi connectivity index (χ3v) is 2.38. The van der Waals surface area contributed by atoms with Gasteiger partial charge in [0.1, 0.15) is 5.82 Å². The van der Waals surface area contributed by atoms with Crippen LogP contribution in [0.2, 0.25) is 0 Å². The molecule has 2 rings (SSSR count). The van der Waals surface area contributed by atoms with E-state index in [2.05, 4.69) is 9.55 Å². The number of aromatic nitrogens is 3. The van der Waals surface area contributed by atoms with Gasteiger partial charge in [0.05, 0.1) is 0 Å². The summed E-state index contributed by atoms with van der Waals surface area (Å²) in [5, 5.41) is 0. The minimum Gasteiger partial charge on any atom is -0.352 e. The average molecular weight is 203 g/mol. The van der Waals surface area contributed by atoms with E-state index in [0.717, 1.165) is 18.9 Å². The molecule has 0 aliphatic heterocycles. The highest BCUT2D eigenvalue weighted by atomic mass is 16.1. The summed E-state index contributed by atoms with van der Waals surface area (Å²) in [5.74, 6) is 1.01. The zero-order valence-electron chi connectivity index (χ0n) is 8.63. The molecule has 4 heteroatoms. The first-order chi connectivity index (χ1) is 7.25. The zero-order valence-corrected chi connectivity index (χ0v) is 8.63. The number of hydrogen-bond donors (Lipinski definition) is 0. The van der Waals surface area contributed by atoms with Crippen LogP contribution in [-0.2, 0) is 13.1 Å². The van der Waals surface area contributed by atoms with Crippen molar-refractivity contribution >= 4 is 0 Å². The van der Waals surface area contributed by atoms with Gasteiger partial charge in [0.15, 0.2) is 5.43 Å². The molecule has 0 aliphatic carbocycles. The molecule has 0 radical (unpaired) electrons. The van der Waals surface area contributed by atoms with E-state index in [9.17, 15) is 4.79 Å². The molecule has 4 nitrogen and oxygen atoms in total. The minimum atomic E-state index is 0.0464. The van der Waals surface area contributed by atoms with Crippen molar-refractivity contribution in [2.75, 3.05) is 0 Å². The maximum Gasteiger partial charge on any atom is 0.181 e. The summed E-state index contributed by atoms with van der Waals surface area (Å²) in [6, 6.07) is 3.14. The van der Waals surface area contributed by atoms with Crippen molar-refractivity contribution in [3.8, 4) is 0 Å². The Kier molecular flexibility index (Phi) is 2.67. The van der Waals surface area contributed by atoms with Gasteiger partial charge in [0, 0.05) is 50.0 Å². The normalized spacial score (nSPS) is 10.5. The minimum absolute atomic E-state index is 0.0464. The van der Waals surface area contributed by atoms with Crippen LogP contribution in [0, 0.1) is 6.92 Å². The van der Waals surface area contributed by atoms with Crippen LogP contribution in [0.3, 0.4) is 0 Å². The first-order valence-corrected chi connectivity index (χ1v) is 4.89. The van der Waals surface area contributed by atoms with Crippen molar-refractivity contribution in [3.63, 3.8) is 0 Å². The largest absolute Gasteiger partial charge is 0.352 e. The third kappa shape index (κ3) is 2.34. The van der Waals surface area contributed by atoms with Crippen LogP contribution in [0.4, 0.5) is 0 Å². The molecule has 15 heavy (non-hydrogen) atoms. The molecule has 0 atom stereocenters. The second-order valence-corrected chi connectivity index (χ2v) is 3.44. The molecule has 0 spiro atoms. The molecule has 0 saturated carbocycles. The van der Waals surface area contributed by atoms with Crippen molar-refractivity contribution in [1.82, 2.24) is 14.1 Å². The van der Waals surface area contributed by atoms with Gasteiger partial charge in [-0.15, -0.1) is 0 Å². The van der Waals surface area contributed by atoms with Gasteiger partial charge in [-0.25, -0.2) is 4.98 Å². The SMILES string of the molecule is Cc1nccn1CCn1ccc(=O)cc1. The smallest absolute Gasteiger partial charge is 0.181 e. The van der Waals surface area contributed by atoms with Gasteiger partial charge >= 0.3 is 0 Å². The predicted molar refractivity (Wildman–Crippen MR) is 57.7 cm³/mol. The summed E-state index contributed by atoms with van der Waals surface area (Å²) in [6.07, 6.45) is 7.35. The maximum absolute atomic E-state index is 10.9. The monoisotopic (exact) mass is 203 g/mol. The van der Waals surface area contributed by atoms with Crippen molar-refractivity contribution in [1.29, 1.82) is 0 Å². The number of aryl methyl sites for hydroxylation is 3. The molecule has 0 N–H and O–H groups in total. The highest BCUT2D eigenvalue weighted by Gasteiger charge is 1.96. The van der Waals surface area contributed by atoms with E-state index >= 15 is 0 Å². The van der Waals surface area contributed by atoms with E-state index in [1.54, 1.807) is 30.7 Å². The molecule has 0 unspecified atom stereocenters. The lowest BCUT2D eigenvalue weighted by Gasteiger charge is -2.07. The number of pyridine rings is 1. The van der Waals surface area contributed by atoms with Crippen LogP contribution in [0.25, 0.3) is 0 Å². The summed E-state index contributed by atoms with van der Waals surface area (Å²) in [6.45, 7) is 3.69. The van der Waals surface area contributed by atoms with Crippen molar-refractivity contribution in [2.24, 2.45) is 0 Å². The molecular weight excluding hydrogens is 190 g/mol. The number of nitrogens with zero attached hydrogens (tertiary/aromatic N) is 3. The van der Waals surface area contributed by atoms with Gasteiger partial charge in [0.25, 0.3) is 0 Å². The molecule has 0 aromatic carbocycles. The number of hydrogen-bond acceptors (Lipinski definition) is 2. The third-order valence-electron chi connectivity index (χ3n) is 2.38. The molecule has 0 amide bonds. The van der Waals surface area contributed by atoms with E-state index in [0.29, 0.717) is 0 Å². The highest BCUT2D eigenvalue weighted by molar-refractivity contribution is 4.94. The Morgan fingerprint density at radius 1 is 1.20 bits per heavy atom. The molecule has 2 heterocycles. The van der Waals surface area contributed by atoms with Crippen molar-refractivity contribution < 1.29 is 0 Å². The average Bonchev–Trinajstić information content (AvgIpc) is 2.63. The Morgan fingerprint density at radius 2 is 1.93 bits per heavy atom. The van der Waals surface area contributed by atoms with E-state index < -0.39 is 0 Å². The van der Waals surface area contributed by atoms with Crippen LogP contribution in [-0.4, -0.2) is 14.1 Å². The van der Waals surface area contributed by atoms with Crippen molar-refractivity contribution in [3.05, 3.63) is 53.0 Å². The highest BCUT2D eigenvalue weighted by Crippen LogP contribution is 1.96. The Balaban J connectivity index is 2.02. The van der Waals surface area contributed by atoms with Crippen LogP contribution in [0.15, 0.2) is 41.7 Å². The molecule has 0 fully saturated rings. The second-order valence-electron chi connectivity index (χ2n) is 3.44. The van der Waals surface area contributed by atoms with Crippen molar-refractivity contribution in [2.45, 2.75) is 20.0 Å². The van der Waals surface area contributed by atoms with Crippen LogP contribution in [0.5, 0.6) is 0 Å². The summed E-state index contributed by atoms with van der Waals surface area (Å²) in [4.78, 5) is 15.0. The number of rotatable bonds is 3. The van der Waals surface area contributed by atoms with E-state index in [-0.39, 0.29) is 5.43 Å². The Hall–Kier alpha value is -1.84. The predicted octanol–water partition coefficient (Wildman–Crippen LogP) is 1.05. The molecule has 0 aliphatic rings. The lowest BCUT2D eigenvalue weighted by atomic mass is 10.4. The molecule has 2 aromatic heterocycles. The lowest BCUT2D eigenvalue weighted by molar-refractivity contribution is 0.565. The zero-order chi connectivity index (χ0) is 10.7. The first-order valence-electron chi connectivity index (χ1n) is 4.89. The fourth-order valence-corrected chi connectivity index (χ4v) is 1.46. The fourth-order valence-electron chi connectivity index (χ4n) is 1.46. The number of imidazole rings is 1. The lowest BCUT2D eigenvalue weighted by Crippen LogP contribution is -2.09. The standard InChI is InChI=1S/C11H13N3O/c1-10-12-4-7-14(10)9-8-13-5-2-11(15)3-6-13/h2-7H,8-9H2,1H3. The van der Waals surface area contributed by atoms with Gasteiger partial charge in [-0.1, -0.05) is 0 Å². The van der Waals surface area contributed by atoms with Crippen LogP contribution in [0.1, 0.15) is 5.82 Å². The topological polar surface area (TPSA) is 39.8 Å². The summed E-state index contributed by atoms with van der Waals surface area (Å²) in [7, 11) is 0. The van der Waals surface area contributed by atoms with Gasteiger partial charge in [0.2, 0.25) is 0 Å². The maximum atomic E-state index is 10.9. The van der Waals surface area contributed by atoms with Crippen LogP contribution < -0.4 is 5.43 Å². The molecular formula is C11H13N3O. The van der Waals surface area contributed by atoms with Gasteiger partial charge < -0.3 is 9.13 Å². The summed E-state index contributed by atoms with van der Waals surface area (Å²) in [5.41, 5.74) is 0.0464. The quantitative estimate of drug-likeness (QED) is 0.748. The molecule has 0 saturated heterocycles. The van der Waals surface area contributed by atoms with E-state index in [4.69, 9.17) is 0 Å².